The van der Waals surface area contributed by atoms with Gasteiger partial charge < -0.3 is 14.7 Å². The van der Waals surface area contributed by atoms with Crippen LogP contribution in [0.1, 0.15) is 49.1 Å². The predicted octanol–water partition coefficient (Wildman–Crippen LogP) is 4.98. The van der Waals surface area contributed by atoms with Gasteiger partial charge in [-0.15, -0.1) is 0 Å². The fourth-order valence-corrected chi connectivity index (χ4v) is 6.12. The number of ether oxygens (including phenoxy) is 1. The summed E-state index contributed by atoms with van der Waals surface area (Å²) in [5, 5.41) is 11.2. The lowest BCUT2D eigenvalue weighted by Gasteiger charge is -2.27. The molecule has 2 aromatic rings. The highest BCUT2D eigenvalue weighted by Gasteiger charge is 2.32. The average Bonchev–Trinajstić information content (AvgIpc) is 3.21. The van der Waals surface area contributed by atoms with E-state index in [-0.39, 0.29) is 11.2 Å². The van der Waals surface area contributed by atoms with Crippen molar-refractivity contribution in [1.82, 2.24) is 4.90 Å². The quantitative estimate of drug-likeness (QED) is 0.712. The lowest BCUT2D eigenvalue weighted by atomic mass is 9.82. The van der Waals surface area contributed by atoms with Gasteiger partial charge in [-0.2, -0.15) is 4.99 Å². The molecule has 5 rings (SSSR count). The molecular formula is C26H30N2O3S. The van der Waals surface area contributed by atoms with Crippen molar-refractivity contribution in [2.24, 2.45) is 4.99 Å². The number of hydrogen-bond donors (Lipinski definition) is 1. The fraction of sp³-hybridized carbons (Fsp3) is 0.462. The van der Waals surface area contributed by atoms with Gasteiger partial charge in [-0.1, -0.05) is 61.4 Å². The van der Waals surface area contributed by atoms with Crippen LogP contribution in [0.5, 0.6) is 5.75 Å². The van der Waals surface area contributed by atoms with E-state index >= 15 is 0 Å². The highest BCUT2D eigenvalue weighted by atomic mass is 32.2. The molecule has 168 valence electrons. The normalized spacial score (nSPS) is 22.2. The number of morpholine rings is 1. The van der Waals surface area contributed by atoms with Crippen molar-refractivity contribution < 1.29 is 14.6 Å². The number of amidine groups is 1. The Morgan fingerprint density at radius 1 is 1.03 bits per heavy atom. The summed E-state index contributed by atoms with van der Waals surface area (Å²) in [5.41, 5.74) is 4.47. The zero-order chi connectivity index (χ0) is 21.9. The minimum absolute atomic E-state index is 0.0360. The summed E-state index contributed by atoms with van der Waals surface area (Å²) < 4.78 is 5.41. The Morgan fingerprint density at radius 3 is 2.62 bits per heavy atom. The zero-order valence-corrected chi connectivity index (χ0v) is 19.2. The first kappa shape index (κ1) is 21.5. The number of carbonyl (C=O) groups is 1. The van der Waals surface area contributed by atoms with Crippen LogP contribution >= 0.6 is 11.8 Å². The summed E-state index contributed by atoms with van der Waals surface area (Å²) in [6.07, 6.45) is 6.76. The lowest BCUT2D eigenvalue weighted by molar-refractivity contribution is -0.117. The van der Waals surface area contributed by atoms with Crippen molar-refractivity contribution in [1.29, 1.82) is 0 Å². The second-order valence-corrected chi connectivity index (χ2v) is 10.1. The van der Waals surface area contributed by atoms with Crippen LogP contribution in [-0.4, -0.2) is 52.6 Å². The van der Waals surface area contributed by atoms with E-state index < -0.39 is 0 Å². The van der Waals surface area contributed by atoms with Gasteiger partial charge in [0.15, 0.2) is 5.17 Å². The molecule has 6 heteroatoms. The smallest absolute Gasteiger partial charge is 0.262 e. The summed E-state index contributed by atoms with van der Waals surface area (Å²) >= 11 is 1.58. The van der Waals surface area contributed by atoms with Gasteiger partial charge in [0.1, 0.15) is 5.75 Å². The Morgan fingerprint density at radius 2 is 1.81 bits per heavy atom. The molecule has 1 atom stereocenters. The molecule has 1 saturated carbocycles. The molecule has 1 N–H and O–H groups in total. The Bertz CT molecular complexity index is 1010. The average molecular weight is 451 g/mol. The van der Waals surface area contributed by atoms with Crippen molar-refractivity contribution in [3.8, 4) is 16.9 Å². The molecule has 2 fully saturated rings. The van der Waals surface area contributed by atoms with E-state index in [4.69, 9.17) is 4.74 Å². The molecule has 1 amide bonds. The van der Waals surface area contributed by atoms with Crippen molar-refractivity contribution in [2.75, 3.05) is 26.3 Å². The number of aliphatic imine (C=N–C) groups is 1. The second kappa shape index (κ2) is 9.67. The van der Waals surface area contributed by atoms with E-state index in [1.807, 2.05) is 12.1 Å². The molecule has 0 spiro atoms. The molecule has 2 heterocycles. The molecule has 2 aromatic carbocycles. The van der Waals surface area contributed by atoms with Crippen molar-refractivity contribution in [2.45, 2.75) is 49.7 Å². The third kappa shape index (κ3) is 4.71. The molecule has 3 aliphatic rings. The van der Waals surface area contributed by atoms with E-state index in [0.717, 1.165) is 53.4 Å². The number of rotatable bonds is 4. The van der Waals surface area contributed by atoms with E-state index in [9.17, 15) is 9.90 Å². The molecule has 2 aliphatic heterocycles. The predicted molar refractivity (Wildman–Crippen MR) is 129 cm³/mol. The van der Waals surface area contributed by atoms with Crippen LogP contribution in [0, 0.1) is 0 Å². The van der Waals surface area contributed by atoms with Crippen LogP contribution in [-0.2, 0) is 16.0 Å². The third-order valence-electron chi connectivity index (χ3n) is 6.76. The highest BCUT2D eigenvalue weighted by molar-refractivity contribution is 8.15. The molecule has 5 nitrogen and oxygen atoms in total. The number of hydrogen-bond acceptors (Lipinski definition) is 5. The first-order valence-electron chi connectivity index (χ1n) is 11.7. The van der Waals surface area contributed by atoms with Crippen LogP contribution < -0.4 is 0 Å². The van der Waals surface area contributed by atoms with Crippen molar-refractivity contribution in [3.63, 3.8) is 0 Å². The maximum absolute atomic E-state index is 12.5. The molecule has 1 saturated heterocycles. The van der Waals surface area contributed by atoms with E-state index in [1.165, 1.54) is 19.3 Å². The summed E-state index contributed by atoms with van der Waals surface area (Å²) in [6.45, 7) is 2.98. The van der Waals surface area contributed by atoms with Gasteiger partial charge >= 0.3 is 0 Å². The van der Waals surface area contributed by atoms with Crippen molar-refractivity contribution in [3.05, 3.63) is 53.6 Å². The second-order valence-electron chi connectivity index (χ2n) is 8.95. The van der Waals surface area contributed by atoms with Crippen molar-refractivity contribution >= 4 is 22.8 Å². The number of benzene rings is 2. The number of carbonyl (C=O) groups excluding carboxylic acids is 1. The summed E-state index contributed by atoms with van der Waals surface area (Å²) in [7, 11) is 0. The number of nitrogens with zero attached hydrogens (tertiary/aromatic N) is 2. The standard InChI is InChI=1S/C26H30N2O3S/c29-23-10-9-21(17-22(23)19-6-2-1-3-7-19)20-8-4-5-18(15-20)16-24-25(30)27-26(32-24)28-11-13-31-14-12-28/h4-5,8-10,15,17,19,24,29H,1-3,6-7,11-14,16H2. The van der Waals surface area contributed by atoms with Crippen LogP contribution in [0.15, 0.2) is 47.5 Å². The van der Waals surface area contributed by atoms with Gasteiger partial charge in [-0.3, -0.25) is 4.79 Å². The SMILES string of the molecule is O=C1N=C(N2CCOCC2)SC1Cc1cccc(-c2ccc(O)c(C3CCCCC3)c2)c1. The Balaban J connectivity index is 1.30. The summed E-state index contributed by atoms with van der Waals surface area (Å²) in [4.78, 5) is 19.0. The van der Waals surface area contributed by atoms with Gasteiger partial charge in [0.25, 0.3) is 5.91 Å². The third-order valence-corrected chi connectivity index (χ3v) is 7.98. The zero-order valence-electron chi connectivity index (χ0n) is 18.3. The van der Waals surface area contributed by atoms with Crippen LogP contribution in [0.4, 0.5) is 0 Å². The van der Waals surface area contributed by atoms with Gasteiger partial charge in [0, 0.05) is 13.1 Å². The van der Waals surface area contributed by atoms with E-state index in [1.54, 1.807) is 11.8 Å². The van der Waals surface area contributed by atoms with Crippen LogP contribution in [0.25, 0.3) is 11.1 Å². The number of aromatic hydroxyl groups is 1. The van der Waals surface area contributed by atoms with Gasteiger partial charge in [0.2, 0.25) is 0 Å². The van der Waals surface area contributed by atoms with Gasteiger partial charge in [0.05, 0.1) is 18.5 Å². The van der Waals surface area contributed by atoms with Gasteiger partial charge in [-0.25, -0.2) is 0 Å². The van der Waals surface area contributed by atoms with E-state index in [0.29, 0.717) is 31.3 Å². The van der Waals surface area contributed by atoms with Gasteiger partial charge in [-0.05, 0) is 59.6 Å². The monoisotopic (exact) mass is 450 g/mol. The summed E-state index contributed by atoms with van der Waals surface area (Å²) in [5.74, 6) is 0.832. The molecule has 0 bridgehead atoms. The minimum atomic E-state index is -0.166. The molecule has 0 radical (unpaired) electrons. The van der Waals surface area contributed by atoms with Crippen LogP contribution in [0.3, 0.4) is 0 Å². The first-order chi connectivity index (χ1) is 15.7. The Hall–Kier alpha value is -2.31. The number of phenolic OH excluding ortho intramolecular Hbond substituents is 1. The number of thioether (sulfide) groups is 1. The minimum Gasteiger partial charge on any atom is -0.508 e. The topological polar surface area (TPSA) is 62.1 Å². The molecule has 1 aliphatic carbocycles. The highest BCUT2D eigenvalue weighted by Crippen LogP contribution is 2.39. The summed E-state index contributed by atoms with van der Waals surface area (Å²) in [6, 6.07) is 14.4. The maximum Gasteiger partial charge on any atom is 0.262 e. The van der Waals surface area contributed by atoms with Crippen LogP contribution in [0.2, 0.25) is 0 Å². The fourth-order valence-electron chi connectivity index (χ4n) is 4.97. The van der Waals surface area contributed by atoms with E-state index in [2.05, 4.69) is 40.2 Å². The Kier molecular flexibility index (Phi) is 6.51. The molecular weight excluding hydrogens is 420 g/mol. The largest absolute Gasteiger partial charge is 0.508 e. The first-order valence-corrected chi connectivity index (χ1v) is 12.6. The number of phenols is 1. The Labute approximate surface area is 193 Å². The maximum atomic E-state index is 12.5. The lowest BCUT2D eigenvalue weighted by Crippen LogP contribution is -2.39. The molecule has 0 aromatic heterocycles. The molecule has 32 heavy (non-hydrogen) atoms. The molecule has 1 unspecified atom stereocenters. The number of amides is 1.